The van der Waals surface area contributed by atoms with Gasteiger partial charge < -0.3 is 5.32 Å². The van der Waals surface area contributed by atoms with E-state index in [-0.39, 0.29) is 5.91 Å². The molecular weight excluding hydrogens is 290 g/mol. The molecule has 1 aromatic carbocycles. The number of amides is 1. The van der Waals surface area contributed by atoms with Gasteiger partial charge in [0.15, 0.2) is 0 Å². The van der Waals surface area contributed by atoms with E-state index in [1.165, 1.54) is 4.31 Å². The summed E-state index contributed by atoms with van der Waals surface area (Å²) in [5.41, 5.74) is 0.755. The first-order valence-corrected chi connectivity index (χ1v) is 8.38. The van der Waals surface area contributed by atoms with Gasteiger partial charge >= 0.3 is 0 Å². The van der Waals surface area contributed by atoms with Gasteiger partial charge in [-0.3, -0.25) is 9.69 Å². The van der Waals surface area contributed by atoms with Crippen molar-refractivity contribution in [2.45, 2.75) is 11.8 Å². The summed E-state index contributed by atoms with van der Waals surface area (Å²) in [6, 6.07) is 7.01. The Morgan fingerprint density at radius 2 is 1.81 bits per heavy atom. The predicted molar refractivity (Wildman–Crippen MR) is 80.4 cm³/mol. The van der Waals surface area contributed by atoms with Crippen molar-refractivity contribution < 1.29 is 13.2 Å². The van der Waals surface area contributed by atoms with Gasteiger partial charge in [-0.25, -0.2) is 8.42 Å². The van der Waals surface area contributed by atoms with Gasteiger partial charge in [0.05, 0.1) is 11.4 Å². The number of benzene rings is 1. The molecule has 2 rings (SSSR count). The monoisotopic (exact) mass is 311 g/mol. The van der Waals surface area contributed by atoms with Crippen LogP contribution in [0, 0.1) is 6.92 Å². The lowest BCUT2D eigenvalue weighted by Crippen LogP contribution is -2.50. The van der Waals surface area contributed by atoms with E-state index in [2.05, 4.69) is 5.32 Å². The quantitative estimate of drug-likeness (QED) is 0.853. The summed E-state index contributed by atoms with van der Waals surface area (Å²) in [4.78, 5) is 13.7. The minimum Gasteiger partial charge on any atom is -0.358 e. The number of nitrogens with zero attached hydrogens (tertiary/aromatic N) is 2. The zero-order chi connectivity index (χ0) is 15.5. The van der Waals surface area contributed by atoms with Gasteiger partial charge in [-0.2, -0.15) is 4.31 Å². The lowest BCUT2D eigenvalue weighted by Gasteiger charge is -2.33. The number of carbonyl (C=O) groups excluding carboxylic acids is 1. The molecule has 1 fully saturated rings. The van der Waals surface area contributed by atoms with E-state index in [1.54, 1.807) is 32.2 Å². The fourth-order valence-electron chi connectivity index (χ4n) is 2.40. The third-order valence-electron chi connectivity index (χ3n) is 3.69. The molecule has 0 saturated carbocycles. The van der Waals surface area contributed by atoms with Crippen LogP contribution >= 0.6 is 0 Å². The summed E-state index contributed by atoms with van der Waals surface area (Å²) in [6.07, 6.45) is 0. The number of carbonyl (C=O) groups is 1. The number of rotatable bonds is 4. The second-order valence-electron chi connectivity index (χ2n) is 5.12. The Balaban J connectivity index is 2.05. The van der Waals surface area contributed by atoms with Crippen LogP contribution in [0.25, 0.3) is 0 Å². The van der Waals surface area contributed by atoms with E-state index in [1.807, 2.05) is 11.0 Å². The lowest BCUT2D eigenvalue weighted by atomic mass is 10.2. The first-order chi connectivity index (χ1) is 9.95. The molecular formula is C14H21N3O3S. The highest BCUT2D eigenvalue weighted by molar-refractivity contribution is 7.89. The molecule has 0 aliphatic carbocycles. The Morgan fingerprint density at radius 3 is 2.38 bits per heavy atom. The summed E-state index contributed by atoms with van der Waals surface area (Å²) >= 11 is 0. The fraction of sp³-hybridized carbons (Fsp3) is 0.500. The molecule has 1 N–H and O–H groups in total. The Hall–Kier alpha value is -1.44. The van der Waals surface area contributed by atoms with Crippen LogP contribution in [0.5, 0.6) is 0 Å². The minimum atomic E-state index is -3.44. The molecule has 0 unspecified atom stereocenters. The molecule has 0 aromatic heterocycles. The van der Waals surface area contributed by atoms with Crippen molar-refractivity contribution in [3.8, 4) is 0 Å². The van der Waals surface area contributed by atoms with Gasteiger partial charge in [-0.1, -0.05) is 18.2 Å². The fourth-order valence-corrected chi connectivity index (χ4v) is 4.04. The maximum Gasteiger partial charge on any atom is 0.243 e. The van der Waals surface area contributed by atoms with Crippen molar-refractivity contribution in [2.24, 2.45) is 0 Å². The van der Waals surface area contributed by atoms with Gasteiger partial charge in [-0.15, -0.1) is 0 Å². The Bertz CT molecular complexity index is 608. The molecule has 1 aliphatic heterocycles. The first kappa shape index (κ1) is 15.9. The van der Waals surface area contributed by atoms with Crippen LogP contribution in [0.2, 0.25) is 0 Å². The molecule has 6 nitrogen and oxygen atoms in total. The summed E-state index contributed by atoms with van der Waals surface area (Å²) in [7, 11) is -1.85. The third-order valence-corrected chi connectivity index (χ3v) is 5.75. The maximum absolute atomic E-state index is 12.6. The van der Waals surface area contributed by atoms with Crippen LogP contribution in [-0.4, -0.2) is 63.3 Å². The van der Waals surface area contributed by atoms with Gasteiger partial charge in [0.2, 0.25) is 15.9 Å². The zero-order valence-electron chi connectivity index (χ0n) is 12.4. The van der Waals surface area contributed by atoms with Gasteiger partial charge in [0.25, 0.3) is 0 Å². The van der Waals surface area contributed by atoms with E-state index in [4.69, 9.17) is 0 Å². The lowest BCUT2D eigenvalue weighted by molar-refractivity contribution is -0.122. The molecule has 21 heavy (non-hydrogen) atoms. The molecule has 1 aromatic rings. The summed E-state index contributed by atoms with van der Waals surface area (Å²) in [6.45, 7) is 4.07. The summed E-state index contributed by atoms with van der Waals surface area (Å²) in [5.74, 6) is -0.0507. The number of nitrogens with one attached hydrogen (secondary N) is 1. The highest BCUT2D eigenvalue weighted by atomic mass is 32.2. The summed E-state index contributed by atoms with van der Waals surface area (Å²) in [5, 5.41) is 2.57. The van der Waals surface area contributed by atoms with Crippen molar-refractivity contribution in [3.05, 3.63) is 29.8 Å². The number of likely N-dealkylation sites (N-methyl/N-ethyl adjacent to an activating group) is 1. The highest BCUT2D eigenvalue weighted by Gasteiger charge is 2.29. The van der Waals surface area contributed by atoms with E-state index < -0.39 is 10.0 Å². The normalized spacial score (nSPS) is 17.6. The summed E-state index contributed by atoms with van der Waals surface area (Å²) < 4.78 is 26.7. The molecule has 116 valence electrons. The van der Waals surface area contributed by atoms with Crippen LogP contribution in [0.1, 0.15) is 5.56 Å². The number of piperazine rings is 1. The highest BCUT2D eigenvalue weighted by Crippen LogP contribution is 2.20. The smallest absolute Gasteiger partial charge is 0.243 e. The van der Waals surface area contributed by atoms with Crippen molar-refractivity contribution in [3.63, 3.8) is 0 Å². The number of hydrogen-bond acceptors (Lipinski definition) is 4. The second-order valence-corrected chi connectivity index (χ2v) is 7.03. The van der Waals surface area contributed by atoms with Gasteiger partial charge in [-0.05, 0) is 18.6 Å². The molecule has 1 aliphatic rings. The Morgan fingerprint density at radius 1 is 1.19 bits per heavy atom. The molecule has 0 atom stereocenters. The van der Waals surface area contributed by atoms with Crippen molar-refractivity contribution in [1.82, 2.24) is 14.5 Å². The molecule has 1 heterocycles. The van der Waals surface area contributed by atoms with Crippen LogP contribution < -0.4 is 5.32 Å². The number of sulfonamides is 1. The van der Waals surface area contributed by atoms with E-state index in [0.29, 0.717) is 37.6 Å². The Labute approximate surface area is 125 Å². The predicted octanol–water partition coefficient (Wildman–Crippen LogP) is 0.0473. The Kier molecular flexibility index (Phi) is 4.97. The van der Waals surface area contributed by atoms with Crippen LogP contribution in [-0.2, 0) is 14.8 Å². The van der Waals surface area contributed by atoms with E-state index in [0.717, 1.165) is 5.56 Å². The third kappa shape index (κ3) is 3.61. The molecule has 0 bridgehead atoms. The van der Waals surface area contributed by atoms with E-state index >= 15 is 0 Å². The molecule has 7 heteroatoms. The molecule has 0 spiro atoms. The van der Waals surface area contributed by atoms with E-state index in [9.17, 15) is 13.2 Å². The largest absolute Gasteiger partial charge is 0.358 e. The average molecular weight is 311 g/mol. The van der Waals surface area contributed by atoms with Crippen LogP contribution in [0.4, 0.5) is 0 Å². The SMILES string of the molecule is CNC(=O)CN1CCN(S(=O)(=O)c2ccccc2C)CC1. The van der Waals surface area contributed by atoms with Crippen LogP contribution in [0.3, 0.4) is 0 Å². The maximum atomic E-state index is 12.6. The average Bonchev–Trinajstić information content (AvgIpc) is 2.48. The minimum absolute atomic E-state index is 0.0507. The number of aryl methyl sites for hydroxylation is 1. The first-order valence-electron chi connectivity index (χ1n) is 6.94. The zero-order valence-corrected chi connectivity index (χ0v) is 13.2. The van der Waals surface area contributed by atoms with Gasteiger partial charge in [0.1, 0.15) is 0 Å². The molecule has 0 radical (unpaired) electrons. The topological polar surface area (TPSA) is 69.7 Å². The van der Waals surface area contributed by atoms with Crippen molar-refractivity contribution in [2.75, 3.05) is 39.8 Å². The second kappa shape index (κ2) is 6.55. The standard InChI is InChI=1S/C14H21N3O3S/c1-12-5-3-4-6-13(12)21(19,20)17-9-7-16(8-10-17)11-14(18)15-2/h3-6H,7-11H2,1-2H3,(H,15,18). The van der Waals surface area contributed by atoms with Crippen LogP contribution in [0.15, 0.2) is 29.2 Å². The number of hydrogen-bond donors (Lipinski definition) is 1. The van der Waals surface area contributed by atoms with Crippen molar-refractivity contribution in [1.29, 1.82) is 0 Å². The molecule has 1 saturated heterocycles. The van der Waals surface area contributed by atoms with Gasteiger partial charge in [0, 0.05) is 33.2 Å². The van der Waals surface area contributed by atoms with Crippen molar-refractivity contribution >= 4 is 15.9 Å². The molecule has 1 amide bonds.